The molecule has 1 saturated heterocycles. The summed E-state index contributed by atoms with van der Waals surface area (Å²) in [6, 6.07) is -12.6. The van der Waals surface area contributed by atoms with Gasteiger partial charge >= 0.3 is 0 Å². The summed E-state index contributed by atoms with van der Waals surface area (Å²) < 4.78 is 0. The van der Waals surface area contributed by atoms with Crippen molar-refractivity contribution in [3.05, 3.63) is 24.3 Å². The highest BCUT2D eigenvalue weighted by atomic mass is 32.2. The summed E-state index contributed by atoms with van der Waals surface area (Å²) in [7, 11) is 13.9. The molecule has 1 fully saturated rings. The van der Waals surface area contributed by atoms with Gasteiger partial charge in [0.25, 0.3) is 5.91 Å². The Morgan fingerprint density at radius 2 is 0.883 bits per heavy atom. The minimum absolute atomic E-state index is 0.00252. The van der Waals surface area contributed by atoms with Gasteiger partial charge < -0.3 is 65.2 Å². The standard InChI is InChI=1S/C69H124N12O12S/c1-28-30-33-46(15)57(82)56-60(85)72-49(29-2)62(87)80(26)69(94-27)68(93)77(23)53(39-43(9)10)65(90)81(35-32-31-34-73(18)19)55(45(13)14)67(92)74(20)50(36-40(3)4)59(84)70-47(16)58(83)71-48(17)61(86)75(21)51(37-41(5)6)63(88)76(22)52(38-42(7)8)64(89)78(24)54(44(11)12)66(91)79(56)25/h28,30-32,40-57,69,82H,29,33-39H2,1-27H3,(H,70,84)(H,71,83)(H,72,85)/b30-28+,32-31+/t46-,47+,48-,49+,50+,51+,52+,53+,54+,55+,56+,57-,69?/m1/s1. The van der Waals surface area contributed by atoms with E-state index in [1.165, 1.54) is 97.5 Å². The fourth-order valence-electron chi connectivity index (χ4n) is 12.0. The summed E-state index contributed by atoms with van der Waals surface area (Å²) in [4.78, 5) is 177. The Bertz CT molecular complexity index is 2600. The first kappa shape index (κ1) is 85.9. The van der Waals surface area contributed by atoms with Crippen LogP contribution in [0.1, 0.15) is 156 Å². The molecule has 0 aliphatic carbocycles. The largest absolute Gasteiger partial charge is 0.390 e. The van der Waals surface area contributed by atoms with E-state index < -0.39 is 155 Å². The second kappa shape index (κ2) is 39.8. The lowest BCUT2D eigenvalue weighted by Crippen LogP contribution is -2.64. The summed E-state index contributed by atoms with van der Waals surface area (Å²) in [5.74, 6) is -9.76. The van der Waals surface area contributed by atoms with Crippen LogP contribution in [0.2, 0.25) is 0 Å². The molecule has 13 atom stereocenters. The number of carbonyl (C=O) groups excluding carboxylic acids is 11. The topological polar surface area (TPSA) is 273 Å². The molecule has 94 heavy (non-hydrogen) atoms. The Morgan fingerprint density at radius 1 is 0.468 bits per heavy atom. The normalized spacial score (nSPS) is 26.5. The molecule has 1 rings (SSSR count). The number of thioether (sulfide) groups is 1. The van der Waals surface area contributed by atoms with Crippen LogP contribution in [0.4, 0.5) is 0 Å². The van der Waals surface area contributed by atoms with Crippen LogP contribution in [-0.2, 0) is 52.7 Å². The van der Waals surface area contributed by atoms with Gasteiger partial charge in [0, 0.05) is 62.4 Å². The zero-order valence-electron chi connectivity index (χ0n) is 62.3. The van der Waals surface area contributed by atoms with E-state index >= 15 is 33.6 Å². The maximum Gasteiger partial charge on any atom is 0.256 e. The van der Waals surface area contributed by atoms with Gasteiger partial charge in [-0.25, -0.2) is 0 Å². The first-order valence-corrected chi connectivity index (χ1v) is 35.0. The molecule has 11 amide bonds. The van der Waals surface area contributed by atoms with Crippen molar-refractivity contribution in [1.29, 1.82) is 0 Å². The zero-order valence-corrected chi connectivity index (χ0v) is 63.1. The molecule has 0 radical (unpaired) electrons. The summed E-state index contributed by atoms with van der Waals surface area (Å²) in [5.41, 5.74) is 0. The van der Waals surface area contributed by atoms with Gasteiger partial charge in [0.05, 0.1) is 6.10 Å². The number of amides is 11. The summed E-state index contributed by atoms with van der Waals surface area (Å²) in [5, 5.41) is 19.3. The fraction of sp³-hybridized carbons (Fsp3) is 0.783. The van der Waals surface area contributed by atoms with Gasteiger partial charge in [-0.1, -0.05) is 121 Å². The number of aliphatic hydroxyl groups excluding tert-OH is 1. The lowest BCUT2D eigenvalue weighted by atomic mass is 9.91. The molecule has 0 saturated carbocycles. The second-order valence-corrected chi connectivity index (χ2v) is 29.5. The van der Waals surface area contributed by atoms with Gasteiger partial charge in [0.15, 0.2) is 5.37 Å². The highest BCUT2D eigenvalue weighted by Gasteiger charge is 2.47. The molecular weight excluding hydrogens is 1220 g/mol. The van der Waals surface area contributed by atoms with E-state index in [4.69, 9.17) is 0 Å². The molecule has 1 aliphatic heterocycles. The van der Waals surface area contributed by atoms with Crippen molar-refractivity contribution in [3.63, 3.8) is 0 Å². The van der Waals surface area contributed by atoms with Crippen molar-refractivity contribution in [1.82, 2.24) is 60.0 Å². The minimum atomic E-state index is -1.63. The average molecular weight is 1350 g/mol. The SMILES string of the molecule is C/C=C/C[C@@H](C)[C@@H](O)[C@H]1C(=O)N[C@@H](CC)C(=O)N(C)C(SC)C(=O)N(C)[C@@H](CC(C)C)C(=O)N(C/C=C/CN(C)C)[C@@H](C(C)C)C(=O)N(C)[C@@H](CC(C)C)C(=O)N[C@@H](C)C(=O)N[C@H](C)C(=O)N(C)[C@@H](CC(C)C)C(=O)N(C)[C@@H](CC(C)C)C(=O)N(C)[C@@H](C(C)C)C(=O)N1C. The maximum absolute atomic E-state index is 15.7. The number of hydrogen-bond acceptors (Lipinski definition) is 14. The highest BCUT2D eigenvalue weighted by molar-refractivity contribution is 7.99. The smallest absolute Gasteiger partial charge is 0.256 e. The van der Waals surface area contributed by atoms with Crippen molar-refractivity contribution in [2.75, 3.05) is 82.8 Å². The maximum atomic E-state index is 15.7. The molecule has 1 unspecified atom stereocenters. The molecule has 25 heteroatoms. The molecular formula is C69H124N12O12S. The van der Waals surface area contributed by atoms with Crippen LogP contribution in [0.3, 0.4) is 0 Å². The zero-order chi connectivity index (χ0) is 72.8. The van der Waals surface area contributed by atoms with Crippen molar-refractivity contribution in [2.24, 2.45) is 41.4 Å². The Balaban J connectivity index is 4.62. The van der Waals surface area contributed by atoms with Crippen molar-refractivity contribution < 1.29 is 57.8 Å². The molecule has 0 aromatic heterocycles. The lowest BCUT2D eigenvalue weighted by molar-refractivity contribution is -0.157. The van der Waals surface area contributed by atoms with Gasteiger partial charge in [-0.2, -0.15) is 0 Å². The van der Waals surface area contributed by atoms with Crippen molar-refractivity contribution >= 4 is 76.7 Å². The quantitative estimate of drug-likeness (QED) is 0.119. The number of rotatable bonds is 20. The molecule has 0 spiro atoms. The van der Waals surface area contributed by atoms with Gasteiger partial charge in [0.1, 0.15) is 60.4 Å². The van der Waals surface area contributed by atoms with Crippen molar-refractivity contribution in [3.8, 4) is 0 Å². The number of nitrogens with zero attached hydrogens (tertiary/aromatic N) is 9. The van der Waals surface area contributed by atoms with E-state index in [1.807, 2.05) is 93.5 Å². The van der Waals surface area contributed by atoms with Gasteiger partial charge in [-0.05, 0) is 121 Å². The fourth-order valence-corrected chi connectivity index (χ4v) is 12.7. The number of likely N-dealkylation sites (N-methyl/N-ethyl adjacent to an activating group) is 8. The van der Waals surface area contributed by atoms with Crippen LogP contribution in [0.25, 0.3) is 0 Å². The van der Waals surface area contributed by atoms with Crippen LogP contribution in [-0.4, -0.2) is 269 Å². The average Bonchev–Trinajstić information content (AvgIpc) is 0.806. The Morgan fingerprint density at radius 3 is 1.33 bits per heavy atom. The van der Waals surface area contributed by atoms with Crippen molar-refractivity contribution in [2.45, 2.75) is 228 Å². The second-order valence-electron chi connectivity index (χ2n) is 28.6. The highest BCUT2D eigenvalue weighted by Crippen LogP contribution is 2.28. The van der Waals surface area contributed by atoms with Crippen LogP contribution < -0.4 is 16.0 Å². The first-order chi connectivity index (χ1) is 43.5. The van der Waals surface area contributed by atoms with Crippen LogP contribution in [0.15, 0.2) is 24.3 Å². The summed E-state index contributed by atoms with van der Waals surface area (Å²) >= 11 is 1.03. The molecule has 538 valence electrons. The van der Waals surface area contributed by atoms with E-state index in [0.717, 1.165) is 16.7 Å². The number of allylic oxidation sites excluding steroid dienone is 2. The van der Waals surface area contributed by atoms with Gasteiger partial charge in [0.2, 0.25) is 59.1 Å². The third-order valence-electron chi connectivity index (χ3n) is 17.6. The monoisotopic (exact) mass is 1340 g/mol. The molecule has 24 nitrogen and oxygen atoms in total. The molecule has 0 bridgehead atoms. The number of aliphatic hydroxyl groups is 1. The summed E-state index contributed by atoms with van der Waals surface area (Å²) in [6.07, 6.45) is 8.22. The van der Waals surface area contributed by atoms with Crippen LogP contribution >= 0.6 is 11.8 Å². The van der Waals surface area contributed by atoms with E-state index in [-0.39, 0.29) is 62.3 Å². The predicted octanol–water partition coefficient (Wildman–Crippen LogP) is 4.79. The molecule has 1 aliphatic rings. The summed E-state index contributed by atoms with van der Waals surface area (Å²) in [6.45, 7) is 30.6. The first-order valence-electron chi connectivity index (χ1n) is 33.7. The molecule has 0 aromatic rings. The number of carbonyl (C=O) groups is 11. The third-order valence-corrected chi connectivity index (χ3v) is 18.6. The van der Waals surface area contributed by atoms with E-state index in [2.05, 4.69) is 16.0 Å². The number of hydrogen-bond donors (Lipinski definition) is 4. The minimum Gasteiger partial charge on any atom is -0.390 e. The Hall–Kier alpha value is -6.08. The molecule has 4 N–H and O–H groups in total. The Labute approximate surface area is 568 Å². The predicted molar refractivity (Wildman–Crippen MR) is 372 cm³/mol. The van der Waals surface area contributed by atoms with E-state index in [0.29, 0.717) is 13.0 Å². The van der Waals surface area contributed by atoms with Crippen LogP contribution in [0.5, 0.6) is 0 Å². The van der Waals surface area contributed by atoms with E-state index in [1.54, 1.807) is 60.0 Å². The number of nitrogens with one attached hydrogen (secondary N) is 3. The van der Waals surface area contributed by atoms with Gasteiger partial charge in [-0.15, -0.1) is 11.8 Å². The molecule has 0 aromatic carbocycles. The van der Waals surface area contributed by atoms with Crippen LogP contribution in [0, 0.1) is 41.4 Å². The van der Waals surface area contributed by atoms with Gasteiger partial charge in [-0.3, -0.25) is 52.7 Å². The molecule has 1 heterocycles. The third kappa shape index (κ3) is 23.9. The van der Waals surface area contributed by atoms with E-state index in [9.17, 15) is 24.3 Å². The Kier molecular flexibility index (Phi) is 36.4. The lowest BCUT2D eigenvalue weighted by Gasteiger charge is -2.42.